The molecule has 6 nitrogen and oxygen atoms in total. The first-order valence-corrected chi connectivity index (χ1v) is 13.1. The SMILES string of the molecule is O=C(c1ccc(NS(=O)(=O)c2ccccc2)cc1)N1CCCC(c2nc3ccccc3s2)C1. The highest BCUT2D eigenvalue weighted by Gasteiger charge is 2.27. The summed E-state index contributed by atoms with van der Waals surface area (Å²) in [5.41, 5.74) is 1.97. The molecule has 1 atom stereocenters. The van der Waals surface area contributed by atoms with E-state index in [1.165, 1.54) is 4.70 Å². The lowest BCUT2D eigenvalue weighted by atomic mass is 9.98. The van der Waals surface area contributed by atoms with E-state index in [2.05, 4.69) is 10.8 Å². The summed E-state index contributed by atoms with van der Waals surface area (Å²) in [6.45, 7) is 1.35. The predicted octanol–water partition coefficient (Wildman–Crippen LogP) is 5.12. The molecule has 1 unspecified atom stereocenters. The number of hydrogen-bond acceptors (Lipinski definition) is 5. The number of benzene rings is 3. The molecule has 1 aliphatic heterocycles. The number of carbonyl (C=O) groups excluding carboxylic acids is 1. The van der Waals surface area contributed by atoms with Crippen molar-refractivity contribution in [2.45, 2.75) is 23.7 Å². The van der Waals surface area contributed by atoms with Crippen LogP contribution in [-0.4, -0.2) is 37.3 Å². The third-order valence-corrected chi connectivity index (χ3v) is 8.40. The van der Waals surface area contributed by atoms with Crippen LogP contribution in [0.3, 0.4) is 0 Å². The second kappa shape index (κ2) is 8.96. The van der Waals surface area contributed by atoms with Gasteiger partial charge in [-0.3, -0.25) is 9.52 Å². The van der Waals surface area contributed by atoms with Crippen LogP contribution in [-0.2, 0) is 10.0 Å². The van der Waals surface area contributed by atoms with Gasteiger partial charge in [-0.25, -0.2) is 13.4 Å². The second-order valence-electron chi connectivity index (χ2n) is 8.11. The van der Waals surface area contributed by atoms with Crippen molar-refractivity contribution in [3.63, 3.8) is 0 Å². The maximum atomic E-state index is 13.1. The Labute approximate surface area is 197 Å². The quantitative estimate of drug-likeness (QED) is 0.433. The Bertz CT molecular complexity index is 1350. The molecular weight excluding hydrogens is 454 g/mol. The zero-order chi connectivity index (χ0) is 22.8. The van der Waals surface area contributed by atoms with Crippen molar-refractivity contribution in [1.82, 2.24) is 9.88 Å². The Hall–Kier alpha value is -3.23. The maximum absolute atomic E-state index is 13.1. The number of aromatic nitrogens is 1. The minimum absolute atomic E-state index is 0.0433. The van der Waals surface area contributed by atoms with E-state index in [0.717, 1.165) is 23.4 Å². The average molecular weight is 478 g/mol. The van der Waals surface area contributed by atoms with Gasteiger partial charge in [-0.2, -0.15) is 0 Å². The number of amides is 1. The number of anilines is 1. The number of nitrogens with zero attached hydrogens (tertiary/aromatic N) is 2. The number of thiazole rings is 1. The molecule has 4 aromatic rings. The monoisotopic (exact) mass is 477 g/mol. The Morgan fingerprint density at radius 2 is 1.70 bits per heavy atom. The van der Waals surface area contributed by atoms with E-state index in [9.17, 15) is 13.2 Å². The summed E-state index contributed by atoms with van der Waals surface area (Å²) in [5, 5.41) is 1.08. The summed E-state index contributed by atoms with van der Waals surface area (Å²) >= 11 is 1.70. The maximum Gasteiger partial charge on any atom is 0.261 e. The van der Waals surface area contributed by atoms with Gasteiger partial charge in [0.05, 0.1) is 20.1 Å². The van der Waals surface area contributed by atoms with Gasteiger partial charge in [-0.05, 0) is 61.4 Å². The van der Waals surface area contributed by atoms with E-state index in [1.807, 2.05) is 23.1 Å². The second-order valence-corrected chi connectivity index (χ2v) is 10.9. The van der Waals surface area contributed by atoms with Crippen LogP contribution in [0.1, 0.15) is 34.1 Å². The Kier molecular flexibility index (Phi) is 5.86. The standard InChI is InChI=1S/C25H23N3O3S2/c29-25(18-12-14-20(15-13-18)27-33(30,31)21-8-2-1-3-9-21)28-16-6-7-19(17-28)24-26-22-10-4-5-11-23(22)32-24/h1-5,8-15,19,27H,6-7,16-17H2. The lowest BCUT2D eigenvalue weighted by Gasteiger charge is -2.32. The Morgan fingerprint density at radius 1 is 0.970 bits per heavy atom. The Balaban J connectivity index is 1.28. The summed E-state index contributed by atoms with van der Waals surface area (Å²) in [5.74, 6) is 0.190. The highest BCUT2D eigenvalue weighted by Crippen LogP contribution is 2.33. The van der Waals surface area contributed by atoms with E-state index >= 15 is 0 Å². The predicted molar refractivity (Wildman–Crippen MR) is 131 cm³/mol. The van der Waals surface area contributed by atoms with Crippen molar-refractivity contribution < 1.29 is 13.2 Å². The molecule has 0 radical (unpaired) electrons. The lowest BCUT2D eigenvalue weighted by Crippen LogP contribution is -2.39. The van der Waals surface area contributed by atoms with Gasteiger partial charge in [0.15, 0.2) is 0 Å². The summed E-state index contributed by atoms with van der Waals surface area (Å²) in [7, 11) is -3.67. The number of likely N-dealkylation sites (tertiary alicyclic amines) is 1. The van der Waals surface area contributed by atoms with E-state index in [1.54, 1.807) is 65.9 Å². The molecule has 1 aromatic heterocycles. The van der Waals surface area contributed by atoms with E-state index in [4.69, 9.17) is 4.98 Å². The smallest absolute Gasteiger partial charge is 0.261 e. The first-order valence-electron chi connectivity index (χ1n) is 10.8. The van der Waals surface area contributed by atoms with Gasteiger partial charge in [0.25, 0.3) is 15.9 Å². The molecule has 1 aliphatic rings. The van der Waals surface area contributed by atoms with Crippen molar-refractivity contribution in [2.75, 3.05) is 17.8 Å². The number of fused-ring (bicyclic) bond motifs is 1. The zero-order valence-corrected chi connectivity index (χ0v) is 19.5. The van der Waals surface area contributed by atoms with Crippen molar-refractivity contribution in [3.8, 4) is 0 Å². The molecule has 5 rings (SSSR count). The van der Waals surface area contributed by atoms with Crippen molar-refractivity contribution >= 4 is 43.2 Å². The molecule has 2 heterocycles. The molecule has 0 saturated carbocycles. The minimum Gasteiger partial charge on any atom is -0.338 e. The number of hydrogen-bond donors (Lipinski definition) is 1. The summed E-state index contributed by atoms with van der Waals surface area (Å²) in [4.78, 5) is 20.0. The molecule has 0 bridgehead atoms. The van der Waals surface area contributed by atoms with Gasteiger partial charge < -0.3 is 4.90 Å². The van der Waals surface area contributed by atoms with Gasteiger partial charge >= 0.3 is 0 Å². The number of para-hydroxylation sites is 1. The van der Waals surface area contributed by atoms with Crippen molar-refractivity contribution in [2.24, 2.45) is 0 Å². The molecule has 168 valence electrons. The topological polar surface area (TPSA) is 79.4 Å². The fourth-order valence-electron chi connectivity index (χ4n) is 4.10. The van der Waals surface area contributed by atoms with Crippen LogP contribution >= 0.6 is 11.3 Å². The van der Waals surface area contributed by atoms with E-state index < -0.39 is 10.0 Å². The molecule has 3 aromatic carbocycles. The fraction of sp³-hybridized carbons (Fsp3) is 0.200. The van der Waals surface area contributed by atoms with Gasteiger partial charge in [-0.15, -0.1) is 11.3 Å². The van der Waals surface area contributed by atoms with Crippen LogP contribution in [0, 0.1) is 0 Å². The number of carbonyl (C=O) groups is 1. The van der Waals surface area contributed by atoms with Gasteiger partial charge in [-0.1, -0.05) is 30.3 Å². The number of piperidine rings is 1. The van der Waals surface area contributed by atoms with Crippen LogP contribution in [0.4, 0.5) is 5.69 Å². The van der Waals surface area contributed by atoms with Crippen LogP contribution in [0.2, 0.25) is 0 Å². The molecule has 0 aliphatic carbocycles. The third kappa shape index (κ3) is 4.62. The average Bonchev–Trinajstić information content (AvgIpc) is 3.29. The van der Waals surface area contributed by atoms with Crippen molar-refractivity contribution in [1.29, 1.82) is 0 Å². The van der Waals surface area contributed by atoms with Crippen molar-refractivity contribution in [3.05, 3.63) is 89.4 Å². The van der Waals surface area contributed by atoms with Gasteiger partial charge in [0.2, 0.25) is 0 Å². The molecule has 1 fully saturated rings. The fourth-order valence-corrected chi connectivity index (χ4v) is 6.28. The molecule has 1 amide bonds. The minimum atomic E-state index is -3.67. The molecule has 1 N–H and O–H groups in total. The Morgan fingerprint density at radius 3 is 2.45 bits per heavy atom. The van der Waals surface area contributed by atoms with Gasteiger partial charge in [0.1, 0.15) is 0 Å². The number of nitrogens with one attached hydrogen (secondary N) is 1. The first-order chi connectivity index (χ1) is 16.0. The summed E-state index contributed by atoms with van der Waals surface area (Å²) < 4.78 is 28.8. The number of sulfonamides is 1. The molecule has 1 saturated heterocycles. The van der Waals surface area contributed by atoms with Crippen LogP contribution < -0.4 is 4.72 Å². The van der Waals surface area contributed by atoms with E-state index in [-0.39, 0.29) is 16.7 Å². The number of rotatable bonds is 5. The first kappa shape index (κ1) is 21.6. The summed E-state index contributed by atoms with van der Waals surface area (Å²) in [6, 6.07) is 22.9. The molecule has 0 spiro atoms. The molecule has 33 heavy (non-hydrogen) atoms. The highest BCUT2D eigenvalue weighted by atomic mass is 32.2. The van der Waals surface area contributed by atoms with E-state index in [0.29, 0.717) is 24.3 Å². The zero-order valence-electron chi connectivity index (χ0n) is 17.8. The van der Waals surface area contributed by atoms with Crippen LogP contribution in [0.25, 0.3) is 10.2 Å². The third-order valence-electron chi connectivity index (χ3n) is 5.81. The van der Waals surface area contributed by atoms with Crippen LogP contribution in [0.15, 0.2) is 83.8 Å². The lowest BCUT2D eigenvalue weighted by molar-refractivity contribution is 0.0707. The summed E-state index contributed by atoms with van der Waals surface area (Å²) in [6.07, 6.45) is 1.95. The molecule has 8 heteroatoms. The van der Waals surface area contributed by atoms with Crippen LogP contribution in [0.5, 0.6) is 0 Å². The van der Waals surface area contributed by atoms with Gasteiger partial charge in [0, 0.05) is 30.3 Å². The normalized spacial score (nSPS) is 16.6. The molecular formula is C25H23N3O3S2. The highest BCUT2D eigenvalue weighted by molar-refractivity contribution is 7.92. The largest absolute Gasteiger partial charge is 0.338 e.